The van der Waals surface area contributed by atoms with Crippen molar-refractivity contribution in [3.05, 3.63) is 83.2 Å². The van der Waals surface area contributed by atoms with E-state index in [0.29, 0.717) is 5.95 Å². The zero-order chi connectivity index (χ0) is 17.8. The second-order valence-electron chi connectivity index (χ2n) is 6.15. The van der Waals surface area contributed by atoms with Gasteiger partial charge in [0.25, 0.3) is 0 Å². The Morgan fingerprint density at radius 3 is 2.42 bits per heavy atom. The molecule has 0 fully saturated rings. The molecule has 0 bridgehead atoms. The zero-order valence-corrected chi connectivity index (χ0v) is 15.3. The first-order valence-electron chi connectivity index (χ1n) is 8.64. The summed E-state index contributed by atoms with van der Waals surface area (Å²) < 4.78 is 1.08. The van der Waals surface area contributed by atoms with Crippen molar-refractivity contribution in [1.29, 1.82) is 0 Å². The molecule has 0 spiro atoms. The Bertz CT molecular complexity index is 983. The van der Waals surface area contributed by atoms with Crippen LogP contribution in [0, 0.1) is 0 Å². The van der Waals surface area contributed by atoms with Crippen molar-refractivity contribution in [3.63, 3.8) is 0 Å². The van der Waals surface area contributed by atoms with Gasteiger partial charge in [-0.15, -0.1) is 11.3 Å². The Morgan fingerprint density at radius 1 is 0.923 bits per heavy atom. The third-order valence-electron chi connectivity index (χ3n) is 4.25. The number of benzene rings is 2. The monoisotopic (exact) mass is 360 g/mol. The van der Waals surface area contributed by atoms with E-state index in [1.807, 2.05) is 42.5 Å². The summed E-state index contributed by atoms with van der Waals surface area (Å²) in [4.78, 5) is 9.40. The third-order valence-corrected chi connectivity index (χ3v) is 5.16. The fourth-order valence-electron chi connectivity index (χ4n) is 2.85. The highest BCUT2D eigenvalue weighted by Crippen LogP contribution is 2.28. The Balaban J connectivity index is 1.58. The smallest absolute Gasteiger partial charge is 0.225 e. The SMILES string of the molecule is C[C@@H](Nc1nc(NCc2ccccc2)c2sccc2n1)c1ccccc1. The lowest BCUT2D eigenvalue weighted by atomic mass is 10.1. The lowest BCUT2D eigenvalue weighted by molar-refractivity contribution is 0.863. The fraction of sp³-hybridized carbons (Fsp3) is 0.143. The molecule has 0 radical (unpaired) electrons. The van der Waals surface area contributed by atoms with Gasteiger partial charge in [0.05, 0.1) is 16.3 Å². The minimum Gasteiger partial charge on any atom is -0.365 e. The summed E-state index contributed by atoms with van der Waals surface area (Å²) in [5, 5.41) is 8.94. The second-order valence-corrected chi connectivity index (χ2v) is 7.06. The van der Waals surface area contributed by atoms with Crippen molar-refractivity contribution < 1.29 is 0 Å². The maximum atomic E-state index is 4.73. The highest BCUT2D eigenvalue weighted by Gasteiger charge is 2.12. The molecule has 4 rings (SSSR count). The van der Waals surface area contributed by atoms with E-state index in [0.717, 1.165) is 22.6 Å². The van der Waals surface area contributed by atoms with Gasteiger partial charge in [0, 0.05) is 6.54 Å². The summed E-state index contributed by atoms with van der Waals surface area (Å²) in [5.41, 5.74) is 3.40. The maximum Gasteiger partial charge on any atom is 0.225 e. The predicted octanol–water partition coefficient (Wildman–Crippen LogP) is 5.48. The van der Waals surface area contributed by atoms with Crippen LogP contribution in [0.15, 0.2) is 72.1 Å². The maximum absolute atomic E-state index is 4.73. The number of hydrogen-bond donors (Lipinski definition) is 2. The molecule has 0 saturated carbocycles. The standard InChI is InChI=1S/C21H20N4S/c1-15(17-10-6-3-7-11-17)23-21-24-18-12-13-26-19(18)20(25-21)22-14-16-8-4-2-5-9-16/h2-13,15H,14H2,1H3,(H2,22,23,24,25)/t15-/m1/s1. The average molecular weight is 360 g/mol. The Labute approximate surface area is 157 Å². The number of rotatable bonds is 6. The lowest BCUT2D eigenvalue weighted by Crippen LogP contribution is -2.11. The number of hydrogen-bond acceptors (Lipinski definition) is 5. The molecule has 130 valence electrons. The number of fused-ring (bicyclic) bond motifs is 1. The Morgan fingerprint density at radius 2 is 1.65 bits per heavy atom. The lowest BCUT2D eigenvalue weighted by Gasteiger charge is -2.15. The molecule has 2 heterocycles. The molecule has 1 atom stereocenters. The number of thiophene rings is 1. The Hall–Kier alpha value is -2.92. The predicted molar refractivity (Wildman–Crippen MR) is 110 cm³/mol. The zero-order valence-electron chi connectivity index (χ0n) is 14.5. The topological polar surface area (TPSA) is 49.8 Å². The summed E-state index contributed by atoms with van der Waals surface area (Å²) in [5.74, 6) is 1.51. The van der Waals surface area contributed by atoms with Gasteiger partial charge in [0.15, 0.2) is 0 Å². The van der Waals surface area contributed by atoms with Gasteiger partial charge in [0.1, 0.15) is 5.82 Å². The van der Waals surface area contributed by atoms with E-state index in [1.165, 1.54) is 11.1 Å². The number of anilines is 2. The van der Waals surface area contributed by atoms with Crippen LogP contribution in [0.5, 0.6) is 0 Å². The highest BCUT2D eigenvalue weighted by molar-refractivity contribution is 7.17. The van der Waals surface area contributed by atoms with E-state index in [1.54, 1.807) is 11.3 Å². The van der Waals surface area contributed by atoms with Crippen molar-refractivity contribution in [1.82, 2.24) is 9.97 Å². The molecule has 2 N–H and O–H groups in total. The van der Waals surface area contributed by atoms with Crippen LogP contribution in [0.25, 0.3) is 10.2 Å². The molecular weight excluding hydrogens is 340 g/mol. The van der Waals surface area contributed by atoms with E-state index in [4.69, 9.17) is 4.98 Å². The molecule has 2 aromatic heterocycles. The molecule has 4 nitrogen and oxygen atoms in total. The summed E-state index contributed by atoms with van der Waals surface area (Å²) in [6.45, 7) is 2.85. The number of nitrogens with zero attached hydrogens (tertiary/aromatic N) is 2. The largest absolute Gasteiger partial charge is 0.365 e. The summed E-state index contributed by atoms with van der Waals surface area (Å²) in [7, 11) is 0. The van der Waals surface area contributed by atoms with Crippen LogP contribution in [-0.4, -0.2) is 9.97 Å². The molecule has 0 amide bonds. The molecule has 0 aliphatic carbocycles. The van der Waals surface area contributed by atoms with E-state index in [2.05, 4.69) is 52.2 Å². The van der Waals surface area contributed by atoms with Gasteiger partial charge >= 0.3 is 0 Å². The minimum atomic E-state index is 0.134. The first-order valence-corrected chi connectivity index (χ1v) is 9.52. The molecule has 0 aliphatic rings. The van der Waals surface area contributed by atoms with Gasteiger partial charge < -0.3 is 10.6 Å². The van der Waals surface area contributed by atoms with Gasteiger partial charge in [-0.1, -0.05) is 60.7 Å². The molecule has 4 aromatic rings. The van der Waals surface area contributed by atoms with Crippen LogP contribution in [0.4, 0.5) is 11.8 Å². The van der Waals surface area contributed by atoms with Crippen molar-refractivity contribution in [2.75, 3.05) is 10.6 Å². The van der Waals surface area contributed by atoms with E-state index >= 15 is 0 Å². The van der Waals surface area contributed by atoms with E-state index in [-0.39, 0.29) is 6.04 Å². The number of nitrogens with one attached hydrogen (secondary N) is 2. The number of aromatic nitrogens is 2. The van der Waals surface area contributed by atoms with Crippen LogP contribution >= 0.6 is 11.3 Å². The van der Waals surface area contributed by atoms with Crippen LogP contribution in [0.2, 0.25) is 0 Å². The first-order chi connectivity index (χ1) is 12.8. The van der Waals surface area contributed by atoms with Crippen molar-refractivity contribution in [2.24, 2.45) is 0 Å². The van der Waals surface area contributed by atoms with Gasteiger partial charge in [-0.05, 0) is 29.5 Å². The molecule has 0 aliphatic heterocycles. The molecule has 0 unspecified atom stereocenters. The molecule has 2 aromatic carbocycles. The Kier molecular flexibility index (Phi) is 4.80. The van der Waals surface area contributed by atoms with Gasteiger partial charge in [0.2, 0.25) is 5.95 Å². The molecular formula is C21H20N4S. The summed E-state index contributed by atoms with van der Waals surface area (Å²) >= 11 is 1.66. The third kappa shape index (κ3) is 3.68. The molecule has 0 saturated heterocycles. The van der Waals surface area contributed by atoms with Crippen LogP contribution < -0.4 is 10.6 Å². The minimum absolute atomic E-state index is 0.134. The van der Waals surface area contributed by atoms with Crippen molar-refractivity contribution in [3.8, 4) is 0 Å². The van der Waals surface area contributed by atoms with Gasteiger partial charge in [-0.3, -0.25) is 0 Å². The van der Waals surface area contributed by atoms with Crippen LogP contribution in [0.1, 0.15) is 24.1 Å². The van der Waals surface area contributed by atoms with E-state index in [9.17, 15) is 0 Å². The van der Waals surface area contributed by atoms with Gasteiger partial charge in [-0.25, -0.2) is 4.98 Å². The second kappa shape index (κ2) is 7.54. The summed E-state index contributed by atoms with van der Waals surface area (Å²) in [6.07, 6.45) is 0. The van der Waals surface area contributed by atoms with E-state index < -0.39 is 0 Å². The van der Waals surface area contributed by atoms with Crippen molar-refractivity contribution in [2.45, 2.75) is 19.5 Å². The molecule has 26 heavy (non-hydrogen) atoms. The summed E-state index contributed by atoms with van der Waals surface area (Å²) in [6, 6.07) is 22.8. The fourth-order valence-corrected chi connectivity index (χ4v) is 3.65. The van der Waals surface area contributed by atoms with Crippen molar-refractivity contribution >= 4 is 33.3 Å². The van der Waals surface area contributed by atoms with Gasteiger partial charge in [-0.2, -0.15) is 4.98 Å². The van der Waals surface area contributed by atoms with Crippen LogP contribution in [0.3, 0.4) is 0 Å². The highest BCUT2D eigenvalue weighted by atomic mass is 32.1. The van der Waals surface area contributed by atoms with Crippen LogP contribution in [-0.2, 0) is 6.54 Å². The molecule has 5 heteroatoms. The average Bonchev–Trinajstić information content (AvgIpc) is 3.16. The first kappa shape index (κ1) is 16.5. The normalized spacial score (nSPS) is 12.0. The quantitative estimate of drug-likeness (QED) is 0.478.